The second-order valence-corrected chi connectivity index (χ2v) is 5.78. The fourth-order valence-corrected chi connectivity index (χ4v) is 2.49. The van der Waals surface area contributed by atoms with Crippen LogP contribution in [0.25, 0.3) is 0 Å². The first-order valence-electron chi connectivity index (χ1n) is 7.21. The summed E-state index contributed by atoms with van der Waals surface area (Å²) in [7, 11) is 0. The summed E-state index contributed by atoms with van der Waals surface area (Å²) >= 11 is 6.13. The summed E-state index contributed by atoms with van der Waals surface area (Å²) in [5.41, 5.74) is 3.01. The molecule has 0 aromatic heterocycles. The second kappa shape index (κ2) is 7.32. The predicted octanol–water partition coefficient (Wildman–Crippen LogP) is 4.21. The molecule has 0 aliphatic heterocycles. The molecule has 0 aliphatic rings. The summed E-state index contributed by atoms with van der Waals surface area (Å²) in [6.07, 6.45) is 0. The Morgan fingerprint density at radius 1 is 1.23 bits per heavy atom. The highest BCUT2D eigenvalue weighted by Gasteiger charge is 2.13. The van der Waals surface area contributed by atoms with Crippen LogP contribution in [0.2, 0.25) is 5.02 Å². The van der Waals surface area contributed by atoms with Crippen LogP contribution in [0.1, 0.15) is 29.7 Å². The highest BCUT2D eigenvalue weighted by Crippen LogP contribution is 2.22. The van der Waals surface area contributed by atoms with Crippen LogP contribution in [0.15, 0.2) is 42.5 Å². The molecule has 0 saturated carbocycles. The van der Waals surface area contributed by atoms with Gasteiger partial charge in [-0.05, 0) is 49.6 Å². The Morgan fingerprint density at radius 3 is 2.68 bits per heavy atom. The van der Waals surface area contributed by atoms with E-state index in [1.165, 1.54) is 0 Å². The number of aryl methyl sites for hydroxylation is 2. The van der Waals surface area contributed by atoms with Gasteiger partial charge in [-0.25, -0.2) is 0 Å². The van der Waals surface area contributed by atoms with Crippen molar-refractivity contribution in [1.82, 2.24) is 5.32 Å². The summed E-state index contributed by atoms with van der Waals surface area (Å²) in [5.74, 6) is 0.564. The van der Waals surface area contributed by atoms with Crippen molar-refractivity contribution in [2.45, 2.75) is 26.8 Å². The molecule has 0 radical (unpaired) electrons. The highest BCUT2D eigenvalue weighted by molar-refractivity contribution is 6.31. The van der Waals surface area contributed by atoms with Gasteiger partial charge in [0.2, 0.25) is 0 Å². The maximum Gasteiger partial charge on any atom is 0.258 e. The minimum Gasteiger partial charge on any atom is -0.483 e. The van der Waals surface area contributed by atoms with Gasteiger partial charge in [0.05, 0.1) is 6.04 Å². The van der Waals surface area contributed by atoms with Crippen LogP contribution in [-0.4, -0.2) is 12.5 Å². The minimum absolute atomic E-state index is 0.0148. The van der Waals surface area contributed by atoms with Crippen LogP contribution >= 0.6 is 11.6 Å². The van der Waals surface area contributed by atoms with E-state index < -0.39 is 0 Å². The maximum atomic E-state index is 12.0. The van der Waals surface area contributed by atoms with Crippen molar-refractivity contribution < 1.29 is 9.53 Å². The minimum atomic E-state index is -0.173. The van der Waals surface area contributed by atoms with Gasteiger partial charge in [0, 0.05) is 5.02 Å². The summed E-state index contributed by atoms with van der Waals surface area (Å²) in [5, 5.41) is 3.54. The third kappa shape index (κ3) is 4.25. The third-order valence-corrected chi connectivity index (χ3v) is 3.80. The number of carbonyl (C=O) groups excluding carboxylic acids is 1. The number of amides is 1. The van der Waals surface area contributed by atoms with E-state index in [-0.39, 0.29) is 18.6 Å². The number of nitrogens with one attached hydrogen (secondary N) is 1. The van der Waals surface area contributed by atoms with Gasteiger partial charge in [-0.1, -0.05) is 41.9 Å². The Kier molecular flexibility index (Phi) is 5.45. The summed E-state index contributed by atoms with van der Waals surface area (Å²) < 4.78 is 5.60. The highest BCUT2D eigenvalue weighted by atomic mass is 35.5. The lowest BCUT2D eigenvalue weighted by Crippen LogP contribution is -2.31. The number of ether oxygens (including phenoxy) is 1. The van der Waals surface area contributed by atoms with Gasteiger partial charge in [-0.15, -0.1) is 0 Å². The average molecular weight is 318 g/mol. The molecular formula is C18H20ClNO2. The molecule has 2 rings (SSSR count). The first-order valence-corrected chi connectivity index (χ1v) is 7.59. The lowest BCUT2D eigenvalue weighted by atomic mass is 10.1. The quantitative estimate of drug-likeness (QED) is 0.897. The molecule has 1 amide bonds. The Hall–Kier alpha value is -2.00. The van der Waals surface area contributed by atoms with E-state index >= 15 is 0 Å². The number of halogens is 1. The van der Waals surface area contributed by atoms with Crippen LogP contribution in [0.5, 0.6) is 5.75 Å². The lowest BCUT2D eigenvalue weighted by molar-refractivity contribution is -0.123. The van der Waals surface area contributed by atoms with Crippen molar-refractivity contribution in [3.05, 3.63) is 64.2 Å². The van der Waals surface area contributed by atoms with Crippen LogP contribution < -0.4 is 10.1 Å². The normalized spacial score (nSPS) is 11.8. The lowest BCUT2D eigenvalue weighted by Gasteiger charge is -2.16. The molecule has 0 unspecified atom stereocenters. The molecule has 1 N–H and O–H groups in total. The van der Waals surface area contributed by atoms with Crippen LogP contribution in [-0.2, 0) is 4.79 Å². The van der Waals surface area contributed by atoms with Gasteiger partial charge in [0.15, 0.2) is 6.61 Å². The molecule has 4 heteroatoms. The van der Waals surface area contributed by atoms with E-state index in [4.69, 9.17) is 16.3 Å². The summed E-state index contributed by atoms with van der Waals surface area (Å²) in [6, 6.07) is 13.2. The van der Waals surface area contributed by atoms with Gasteiger partial charge in [-0.3, -0.25) is 4.79 Å². The zero-order valence-corrected chi connectivity index (χ0v) is 13.8. The second-order valence-electron chi connectivity index (χ2n) is 5.37. The van der Waals surface area contributed by atoms with Crippen molar-refractivity contribution in [2.75, 3.05) is 6.61 Å². The van der Waals surface area contributed by atoms with Crippen molar-refractivity contribution >= 4 is 17.5 Å². The van der Waals surface area contributed by atoms with Crippen molar-refractivity contribution in [1.29, 1.82) is 0 Å². The molecule has 2 aromatic rings. The molecule has 0 heterocycles. The molecule has 0 bridgehead atoms. The van der Waals surface area contributed by atoms with E-state index in [1.807, 2.05) is 63.2 Å². The third-order valence-electron chi connectivity index (χ3n) is 3.45. The largest absolute Gasteiger partial charge is 0.483 e. The van der Waals surface area contributed by atoms with E-state index in [9.17, 15) is 4.79 Å². The van der Waals surface area contributed by atoms with Gasteiger partial charge in [0.25, 0.3) is 5.91 Å². The Balaban J connectivity index is 1.93. The van der Waals surface area contributed by atoms with Crippen molar-refractivity contribution in [3.8, 4) is 5.75 Å². The zero-order valence-electron chi connectivity index (χ0n) is 13.0. The monoisotopic (exact) mass is 317 g/mol. The number of hydrogen-bond acceptors (Lipinski definition) is 2. The molecule has 0 spiro atoms. The summed E-state index contributed by atoms with van der Waals surface area (Å²) in [6.45, 7) is 5.83. The van der Waals surface area contributed by atoms with Crippen molar-refractivity contribution in [2.24, 2.45) is 0 Å². The fraction of sp³-hybridized carbons (Fsp3) is 0.278. The zero-order chi connectivity index (χ0) is 16.1. The topological polar surface area (TPSA) is 38.3 Å². The number of carbonyl (C=O) groups is 1. The SMILES string of the molecule is Cc1ccc(C)c(OCC(=O)N[C@H](C)c2ccccc2Cl)c1. The Morgan fingerprint density at radius 2 is 1.95 bits per heavy atom. The molecule has 0 aliphatic carbocycles. The van der Waals surface area contributed by atoms with Crippen LogP contribution in [0.4, 0.5) is 0 Å². The first-order chi connectivity index (χ1) is 10.5. The average Bonchev–Trinajstić information content (AvgIpc) is 2.48. The smallest absolute Gasteiger partial charge is 0.258 e. The standard InChI is InChI=1S/C18H20ClNO2/c1-12-8-9-13(2)17(10-12)22-11-18(21)20-14(3)15-6-4-5-7-16(15)19/h4-10,14H,11H2,1-3H3,(H,20,21)/t14-/m1/s1. The van der Waals surface area contributed by atoms with Crippen molar-refractivity contribution in [3.63, 3.8) is 0 Å². The van der Waals surface area contributed by atoms with Crippen LogP contribution in [0.3, 0.4) is 0 Å². The fourth-order valence-electron chi connectivity index (χ4n) is 2.19. The number of hydrogen-bond donors (Lipinski definition) is 1. The molecule has 3 nitrogen and oxygen atoms in total. The van der Waals surface area contributed by atoms with Gasteiger partial charge >= 0.3 is 0 Å². The summed E-state index contributed by atoms with van der Waals surface area (Å²) in [4.78, 5) is 12.0. The Bertz CT molecular complexity index is 670. The predicted molar refractivity (Wildman–Crippen MR) is 89.4 cm³/mol. The molecule has 1 atom stereocenters. The molecule has 2 aromatic carbocycles. The van der Waals surface area contributed by atoms with E-state index in [2.05, 4.69) is 5.32 Å². The van der Waals surface area contributed by atoms with Gasteiger partial charge < -0.3 is 10.1 Å². The molecular weight excluding hydrogens is 298 g/mol. The number of benzene rings is 2. The van der Waals surface area contributed by atoms with Gasteiger partial charge in [-0.2, -0.15) is 0 Å². The van der Waals surface area contributed by atoms with Crippen LogP contribution in [0, 0.1) is 13.8 Å². The number of rotatable bonds is 5. The maximum absolute atomic E-state index is 12.0. The molecule has 116 valence electrons. The Labute approximate surface area is 136 Å². The molecule has 0 saturated heterocycles. The van der Waals surface area contributed by atoms with Gasteiger partial charge in [0.1, 0.15) is 5.75 Å². The molecule has 22 heavy (non-hydrogen) atoms. The van der Waals surface area contributed by atoms with E-state index in [0.717, 1.165) is 22.4 Å². The molecule has 0 fully saturated rings. The first kappa shape index (κ1) is 16.4. The van der Waals surface area contributed by atoms with E-state index in [0.29, 0.717) is 5.02 Å². The van der Waals surface area contributed by atoms with E-state index in [1.54, 1.807) is 0 Å².